The molecule has 3 rings (SSSR count). The number of amides is 1. The average molecular weight is 477 g/mol. The number of methoxy groups -OCH3 is 1. The fourth-order valence-electron chi connectivity index (χ4n) is 2.90. The van der Waals surface area contributed by atoms with Crippen LogP contribution in [0.4, 0.5) is 5.69 Å². The summed E-state index contributed by atoms with van der Waals surface area (Å²) >= 11 is 5.85. The molecule has 0 aliphatic heterocycles. The molecular weight excluding hydrogens is 456 g/mol. The minimum absolute atomic E-state index is 0.111. The van der Waals surface area contributed by atoms with Crippen LogP contribution in [0.15, 0.2) is 72.3 Å². The summed E-state index contributed by atoms with van der Waals surface area (Å²) in [5.41, 5.74) is 1.26. The molecule has 0 fully saturated rings. The fourth-order valence-corrected chi connectivity index (χ4v) is 3.03. The van der Waals surface area contributed by atoms with Crippen LogP contribution in [0.3, 0.4) is 0 Å². The molecule has 1 amide bonds. The second-order valence-electron chi connectivity index (χ2n) is 6.89. The van der Waals surface area contributed by atoms with Gasteiger partial charge in [-0.2, -0.15) is 5.26 Å². The van der Waals surface area contributed by atoms with E-state index in [4.69, 9.17) is 25.8 Å². The Morgan fingerprint density at radius 1 is 1.03 bits per heavy atom. The molecule has 0 aromatic heterocycles. The Morgan fingerprint density at radius 3 is 2.35 bits per heavy atom. The number of esters is 1. The maximum absolute atomic E-state index is 12.5. The smallest absolute Gasteiger partial charge is 0.343 e. The van der Waals surface area contributed by atoms with E-state index < -0.39 is 11.9 Å². The first-order chi connectivity index (χ1) is 16.4. The zero-order chi connectivity index (χ0) is 24.5. The largest absolute Gasteiger partial charge is 0.497 e. The van der Waals surface area contributed by atoms with Crippen LogP contribution in [0.25, 0.3) is 6.08 Å². The van der Waals surface area contributed by atoms with Crippen molar-refractivity contribution in [1.82, 2.24) is 0 Å². The lowest BCUT2D eigenvalue weighted by atomic mass is 10.1. The highest BCUT2D eigenvalue weighted by atomic mass is 35.5. The van der Waals surface area contributed by atoms with Gasteiger partial charge in [-0.05, 0) is 79.2 Å². The van der Waals surface area contributed by atoms with E-state index in [-0.39, 0.29) is 11.3 Å². The predicted molar refractivity (Wildman–Crippen MR) is 129 cm³/mol. The molecule has 0 bridgehead atoms. The number of ether oxygens (including phenoxy) is 3. The topological polar surface area (TPSA) is 97.6 Å². The molecule has 0 unspecified atom stereocenters. The molecule has 0 aliphatic carbocycles. The number of carbonyl (C=O) groups excluding carboxylic acids is 2. The van der Waals surface area contributed by atoms with Crippen LogP contribution >= 0.6 is 11.6 Å². The molecule has 34 heavy (non-hydrogen) atoms. The second kappa shape index (κ2) is 11.5. The van der Waals surface area contributed by atoms with Crippen molar-refractivity contribution in [2.24, 2.45) is 0 Å². The van der Waals surface area contributed by atoms with Crippen molar-refractivity contribution in [3.05, 3.63) is 88.5 Å². The average Bonchev–Trinajstić information content (AvgIpc) is 2.85. The number of hydrogen-bond donors (Lipinski definition) is 1. The van der Waals surface area contributed by atoms with Gasteiger partial charge in [0.1, 0.15) is 17.4 Å². The van der Waals surface area contributed by atoms with E-state index in [1.54, 1.807) is 73.7 Å². The van der Waals surface area contributed by atoms with Gasteiger partial charge in [-0.25, -0.2) is 4.79 Å². The first kappa shape index (κ1) is 24.4. The number of carbonyl (C=O) groups is 2. The molecule has 8 heteroatoms. The van der Waals surface area contributed by atoms with Gasteiger partial charge in [0, 0.05) is 10.7 Å². The van der Waals surface area contributed by atoms with E-state index in [1.807, 2.05) is 6.07 Å². The highest BCUT2D eigenvalue weighted by Gasteiger charge is 2.15. The van der Waals surface area contributed by atoms with Crippen LogP contribution in [0, 0.1) is 11.3 Å². The number of halogens is 1. The van der Waals surface area contributed by atoms with Crippen molar-refractivity contribution in [3.8, 4) is 23.3 Å². The Hall–Kier alpha value is -4.28. The lowest BCUT2D eigenvalue weighted by Crippen LogP contribution is -2.13. The standard InChI is InChI=1S/C26H21ClN2O5/c1-3-33-24-15-17(14-19(16-28)25(30)29-21-9-7-20(27)8-10-21)4-13-23(24)34-26(31)18-5-11-22(32-2)12-6-18/h4-15H,3H2,1-2H3,(H,29,30)/b19-14+. The third kappa shape index (κ3) is 6.37. The summed E-state index contributed by atoms with van der Waals surface area (Å²) in [5.74, 6) is -0.00158. The van der Waals surface area contributed by atoms with Crippen LogP contribution in [0.5, 0.6) is 17.2 Å². The number of nitrogens with one attached hydrogen (secondary N) is 1. The molecule has 3 aromatic carbocycles. The van der Waals surface area contributed by atoms with Crippen LogP contribution in [0.2, 0.25) is 5.02 Å². The van der Waals surface area contributed by atoms with Gasteiger partial charge in [0.05, 0.1) is 19.3 Å². The Balaban J connectivity index is 1.80. The molecular formula is C26H21ClN2O5. The Labute approximate surface area is 202 Å². The number of anilines is 1. The van der Waals surface area contributed by atoms with E-state index in [1.165, 1.54) is 13.2 Å². The zero-order valence-corrected chi connectivity index (χ0v) is 19.3. The number of benzene rings is 3. The Kier molecular flexibility index (Phi) is 8.27. The molecule has 0 saturated carbocycles. The predicted octanol–water partition coefficient (Wildman–Crippen LogP) is 5.51. The van der Waals surface area contributed by atoms with Gasteiger partial charge in [0.25, 0.3) is 5.91 Å². The molecule has 7 nitrogen and oxygen atoms in total. The van der Waals surface area contributed by atoms with Crippen molar-refractivity contribution in [3.63, 3.8) is 0 Å². The van der Waals surface area contributed by atoms with Gasteiger partial charge in [0.15, 0.2) is 11.5 Å². The third-order valence-electron chi connectivity index (χ3n) is 4.57. The Bertz CT molecular complexity index is 1250. The van der Waals surface area contributed by atoms with Crippen molar-refractivity contribution >= 4 is 35.2 Å². The van der Waals surface area contributed by atoms with Crippen molar-refractivity contribution in [1.29, 1.82) is 5.26 Å². The van der Waals surface area contributed by atoms with Gasteiger partial charge in [-0.1, -0.05) is 17.7 Å². The summed E-state index contributed by atoms with van der Waals surface area (Å²) in [6, 6.07) is 19.7. The zero-order valence-electron chi connectivity index (χ0n) is 18.5. The molecule has 0 heterocycles. The van der Waals surface area contributed by atoms with Gasteiger partial charge in [0.2, 0.25) is 0 Å². The minimum atomic E-state index is -0.571. The SMILES string of the molecule is CCOc1cc(/C=C(\C#N)C(=O)Nc2ccc(Cl)cc2)ccc1OC(=O)c1ccc(OC)cc1. The molecule has 172 valence electrons. The highest BCUT2D eigenvalue weighted by Crippen LogP contribution is 2.30. The summed E-state index contributed by atoms with van der Waals surface area (Å²) in [4.78, 5) is 25.0. The molecule has 0 radical (unpaired) electrons. The number of nitrogens with zero attached hydrogens (tertiary/aromatic N) is 1. The molecule has 0 aliphatic rings. The lowest BCUT2D eigenvalue weighted by Gasteiger charge is -2.12. The summed E-state index contributed by atoms with van der Waals surface area (Å²) < 4.78 is 16.2. The molecule has 0 saturated heterocycles. The van der Waals surface area contributed by atoms with E-state index >= 15 is 0 Å². The quantitative estimate of drug-likeness (QED) is 0.199. The monoisotopic (exact) mass is 476 g/mol. The van der Waals surface area contributed by atoms with Gasteiger partial charge < -0.3 is 19.5 Å². The first-order valence-electron chi connectivity index (χ1n) is 10.2. The Morgan fingerprint density at radius 2 is 1.74 bits per heavy atom. The van der Waals surface area contributed by atoms with Crippen LogP contribution in [-0.2, 0) is 4.79 Å². The fraction of sp³-hybridized carbons (Fsp3) is 0.115. The summed E-state index contributed by atoms with van der Waals surface area (Å²) in [7, 11) is 1.54. The highest BCUT2D eigenvalue weighted by molar-refractivity contribution is 6.30. The van der Waals surface area contributed by atoms with Crippen LogP contribution in [0.1, 0.15) is 22.8 Å². The van der Waals surface area contributed by atoms with Crippen molar-refractivity contribution in [2.75, 3.05) is 19.0 Å². The number of rotatable bonds is 8. The molecule has 0 atom stereocenters. The lowest BCUT2D eigenvalue weighted by molar-refractivity contribution is -0.112. The van der Waals surface area contributed by atoms with Crippen molar-refractivity contribution < 1.29 is 23.8 Å². The maximum atomic E-state index is 12.5. The number of nitriles is 1. The van der Waals surface area contributed by atoms with Gasteiger partial charge in [-0.3, -0.25) is 4.79 Å². The third-order valence-corrected chi connectivity index (χ3v) is 4.83. The first-order valence-corrected chi connectivity index (χ1v) is 10.6. The molecule has 1 N–H and O–H groups in total. The van der Waals surface area contributed by atoms with Crippen molar-refractivity contribution in [2.45, 2.75) is 6.92 Å². The normalized spacial score (nSPS) is 10.7. The second-order valence-corrected chi connectivity index (χ2v) is 7.32. The summed E-state index contributed by atoms with van der Waals surface area (Å²) in [6.07, 6.45) is 1.42. The van der Waals surface area contributed by atoms with E-state index in [0.717, 1.165) is 0 Å². The molecule has 3 aromatic rings. The van der Waals surface area contributed by atoms with Crippen LogP contribution < -0.4 is 19.5 Å². The minimum Gasteiger partial charge on any atom is -0.497 e. The maximum Gasteiger partial charge on any atom is 0.343 e. The van der Waals surface area contributed by atoms with Gasteiger partial charge in [-0.15, -0.1) is 0 Å². The summed E-state index contributed by atoms with van der Waals surface area (Å²) in [5, 5.41) is 12.7. The molecule has 0 spiro atoms. The van der Waals surface area contributed by atoms with E-state index in [2.05, 4.69) is 5.32 Å². The van der Waals surface area contributed by atoms with Gasteiger partial charge >= 0.3 is 5.97 Å². The van der Waals surface area contributed by atoms with Crippen LogP contribution in [-0.4, -0.2) is 25.6 Å². The summed E-state index contributed by atoms with van der Waals surface area (Å²) in [6.45, 7) is 2.11. The van der Waals surface area contributed by atoms with E-state index in [9.17, 15) is 14.9 Å². The van der Waals surface area contributed by atoms with E-state index in [0.29, 0.717) is 39.9 Å². The number of hydrogen-bond acceptors (Lipinski definition) is 6.